The summed E-state index contributed by atoms with van der Waals surface area (Å²) >= 11 is 1.48. The van der Waals surface area contributed by atoms with Gasteiger partial charge in [-0.05, 0) is 30.9 Å². The Morgan fingerprint density at radius 2 is 2.24 bits per heavy atom. The van der Waals surface area contributed by atoms with E-state index in [2.05, 4.69) is 25.2 Å². The van der Waals surface area contributed by atoms with Crippen LogP contribution in [0.5, 0.6) is 0 Å². The molecular weight excluding hydrogens is 284 g/mol. The zero-order chi connectivity index (χ0) is 15.2. The minimum atomic E-state index is -0.291. The molecule has 0 bridgehead atoms. The van der Waals surface area contributed by atoms with Crippen molar-refractivity contribution in [2.24, 2.45) is 11.7 Å². The van der Waals surface area contributed by atoms with Crippen molar-refractivity contribution in [1.82, 2.24) is 0 Å². The van der Waals surface area contributed by atoms with E-state index in [1.807, 2.05) is 18.2 Å². The summed E-state index contributed by atoms with van der Waals surface area (Å²) in [7, 11) is 0. The van der Waals surface area contributed by atoms with Gasteiger partial charge in [-0.15, -0.1) is 11.8 Å². The molecule has 1 aromatic carbocycles. The Morgan fingerprint density at radius 3 is 2.95 bits per heavy atom. The number of nitrogens with two attached hydrogens (primary N) is 1. The average Bonchev–Trinajstić information content (AvgIpc) is 2.46. The van der Waals surface area contributed by atoms with Crippen LogP contribution in [0, 0.1) is 5.92 Å². The second-order valence-corrected chi connectivity index (χ2v) is 6.79. The number of anilines is 1. The molecule has 0 saturated carbocycles. The zero-order valence-electron chi connectivity index (χ0n) is 12.7. The van der Waals surface area contributed by atoms with Gasteiger partial charge in [0.15, 0.2) is 0 Å². The van der Waals surface area contributed by atoms with Crippen molar-refractivity contribution < 1.29 is 9.53 Å². The number of hydrogen-bond donors (Lipinski definition) is 2. The molecule has 3 N–H and O–H groups in total. The Hall–Kier alpha value is -1.20. The number of thioether (sulfide) groups is 1. The van der Waals surface area contributed by atoms with E-state index in [0.717, 1.165) is 30.0 Å². The first-order valence-electron chi connectivity index (χ1n) is 7.44. The molecule has 0 aromatic heterocycles. The third kappa shape index (κ3) is 4.93. The number of carbonyl (C=O) groups excluding carboxylic acids is 1. The predicted octanol–water partition coefficient (Wildman–Crippen LogP) is 2.88. The molecule has 2 rings (SSSR count). The molecule has 5 heteroatoms. The van der Waals surface area contributed by atoms with Crippen LogP contribution >= 0.6 is 11.8 Å². The van der Waals surface area contributed by atoms with Gasteiger partial charge in [0.1, 0.15) is 0 Å². The summed E-state index contributed by atoms with van der Waals surface area (Å²) in [6, 6.07) is 8.49. The minimum Gasteiger partial charge on any atom is -0.381 e. The molecule has 1 aromatic rings. The highest BCUT2D eigenvalue weighted by molar-refractivity contribution is 8.00. The molecule has 2 atom stereocenters. The lowest BCUT2D eigenvalue weighted by atomic mass is 9.95. The van der Waals surface area contributed by atoms with Gasteiger partial charge in [0, 0.05) is 23.2 Å². The van der Waals surface area contributed by atoms with Crippen LogP contribution in [0.1, 0.15) is 26.7 Å². The summed E-state index contributed by atoms with van der Waals surface area (Å²) in [5, 5.41) is 3.61. The number of carbonyl (C=O) groups is 1. The SMILES string of the molecule is CC(C)C1CC(Nc2ccccc2SCC(N)=O)CCO1. The first-order chi connectivity index (χ1) is 10.1. The molecule has 2 unspecified atom stereocenters. The highest BCUT2D eigenvalue weighted by atomic mass is 32.2. The molecule has 1 aliphatic heterocycles. The van der Waals surface area contributed by atoms with Gasteiger partial charge in [0.25, 0.3) is 0 Å². The molecule has 116 valence electrons. The van der Waals surface area contributed by atoms with Crippen molar-refractivity contribution in [3.63, 3.8) is 0 Å². The van der Waals surface area contributed by atoms with Crippen LogP contribution in [-0.2, 0) is 9.53 Å². The summed E-state index contributed by atoms with van der Waals surface area (Å²) in [4.78, 5) is 12.0. The molecule has 21 heavy (non-hydrogen) atoms. The van der Waals surface area contributed by atoms with Crippen molar-refractivity contribution in [1.29, 1.82) is 0 Å². The quantitative estimate of drug-likeness (QED) is 0.793. The molecule has 4 nitrogen and oxygen atoms in total. The first kappa shape index (κ1) is 16.2. The van der Waals surface area contributed by atoms with Crippen LogP contribution in [-0.4, -0.2) is 30.4 Å². The molecule has 1 saturated heterocycles. The number of nitrogens with one attached hydrogen (secondary N) is 1. The molecule has 1 aliphatic rings. The summed E-state index contributed by atoms with van der Waals surface area (Å²) in [5.74, 6) is 0.552. The molecule has 1 amide bonds. The maximum Gasteiger partial charge on any atom is 0.227 e. The monoisotopic (exact) mass is 308 g/mol. The second-order valence-electron chi connectivity index (χ2n) is 5.77. The highest BCUT2D eigenvalue weighted by Gasteiger charge is 2.25. The number of para-hydroxylation sites is 1. The van der Waals surface area contributed by atoms with E-state index in [0.29, 0.717) is 23.8 Å². The molecule has 0 radical (unpaired) electrons. The Balaban J connectivity index is 2.00. The number of primary amides is 1. The zero-order valence-corrected chi connectivity index (χ0v) is 13.5. The van der Waals surface area contributed by atoms with Gasteiger partial charge in [-0.25, -0.2) is 0 Å². The maximum absolute atomic E-state index is 11.0. The van der Waals surface area contributed by atoms with E-state index in [-0.39, 0.29) is 5.91 Å². The van der Waals surface area contributed by atoms with E-state index in [4.69, 9.17) is 10.5 Å². The average molecular weight is 308 g/mol. The second kappa shape index (κ2) is 7.71. The van der Waals surface area contributed by atoms with Gasteiger partial charge < -0.3 is 15.8 Å². The van der Waals surface area contributed by atoms with Crippen molar-refractivity contribution in [2.75, 3.05) is 17.7 Å². The van der Waals surface area contributed by atoms with Gasteiger partial charge in [-0.3, -0.25) is 4.79 Å². The van der Waals surface area contributed by atoms with Crippen molar-refractivity contribution in [3.05, 3.63) is 24.3 Å². The lowest BCUT2D eigenvalue weighted by Crippen LogP contribution is -2.36. The third-order valence-electron chi connectivity index (χ3n) is 3.68. The number of hydrogen-bond acceptors (Lipinski definition) is 4. The Kier molecular flexibility index (Phi) is 5.94. The molecular formula is C16H24N2O2S. The first-order valence-corrected chi connectivity index (χ1v) is 8.43. The van der Waals surface area contributed by atoms with Crippen molar-refractivity contribution in [3.8, 4) is 0 Å². The third-order valence-corrected chi connectivity index (χ3v) is 4.77. The van der Waals surface area contributed by atoms with Crippen LogP contribution in [0.3, 0.4) is 0 Å². The van der Waals surface area contributed by atoms with Gasteiger partial charge in [-0.1, -0.05) is 26.0 Å². The van der Waals surface area contributed by atoms with Crippen LogP contribution in [0.25, 0.3) is 0 Å². The van der Waals surface area contributed by atoms with Gasteiger partial charge in [0.05, 0.1) is 11.9 Å². The number of rotatable bonds is 6. The van der Waals surface area contributed by atoms with E-state index >= 15 is 0 Å². The number of benzene rings is 1. The minimum absolute atomic E-state index is 0.291. The Labute approximate surface area is 130 Å². The lowest BCUT2D eigenvalue weighted by Gasteiger charge is -2.33. The smallest absolute Gasteiger partial charge is 0.227 e. The normalized spacial score (nSPS) is 22.2. The fraction of sp³-hybridized carbons (Fsp3) is 0.562. The Bertz CT molecular complexity index is 479. The lowest BCUT2D eigenvalue weighted by molar-refractivity contribution is -0.115. The van der Waals surface area contributed by atoms with Crippen LogP contribution in [0.15, 0.2) is 29.2 Å². The highest BCUT2D eigenvalue weighted by Crippen LogP contribution is 2.30. The van der Waals surface area contributed by atoms with E-state index in [1.165, 1.54) is 11.8 Å². The largest absolute Gasteiger partial charge is 0.381 e. The van der Waals surface area contributed by atoms with Crippen LogP contribution in [0.2, 0.25) is 0 Å². The topological polar surface area (TPSA) is 64.3 Å². The number of ether oxygens (including phenoxy) is 1. The maximum atomic E-state index is 11.0. The fourth-order valence-electron chi connectivity index (χ4n) is 2.50. The van der Waals surface area contributed by atoms with Crippen molar-refractivity contribution in [2.45, 2.75) is 43.7 Å². The molecule has 0 spiro atoms. The Morgan fingerprint density at radius 1 is 1.48 bits per heavy atom. The van der Waals surface area contributed by atoms with Crippen LogP contribution in [0.4, 0.5) is 5.69 Å². The van der Waals surface area contributed by atoms with Gasteiger partial charge in [-0.2, -0.15) is 0 Å². The van der Waals surface area contributed by atoms with Crippen molar-refractivity contribution >= 4 is 23.4 Å². The van der Waals surface area contributed by atoms with Gasteiger partial charge >= 0.3 is 0 Å². The van der Waals surface area contributed by atoms with Gasteiger partial charge in [0.2, 0.25) is 5.91 Å². The predicted molar refractivity (Wildman–Crippen MR) is 87.6 cm³/mol. The fourth-order valence-corrected chi connectivity index (χ4v) is 3.26. The van der Waals surface area contributed by atoms with E-state index in [1.54, 1.807) is 0 Å². The summed E-state index contributed by atoms with van der Waals surface area (Å²) in [5.41, 5.74) is 6.31. The van der Waals surface area contributed by atoms with Crippen LogP contribution < -0.4 is 11.1 Å². The standard InChI is InChI=1S/C16H24N2O2S/c1-11(2)14-9-12(7-8-20-14)18-13-5-3-4-6-15(13)21-10-16(17)19/h3-6,11-12,14,18H,7-10H2,1-2H3,(H2,17,19). The summed E-state index contributed by atoms with van der Waals surface area (Å²) in [6.07, 6.45) is 2.35. The van der Waals surface area contributed by atoms with E-state index in [9.17, 15) is 4.79 Å². The summed E-state index contributed by atoms with van der Waals surface area (Å²) < 4.78 is 5.81. The molecule has 1 fully saturated rings. The summed E-state index contributed by atoms with van der Waals surface area (Å²) in [6.45, 7) is 5.20. The molecule has 0 aliphatic carbocycles. The molecule has 1 heterocycles. The number of amides is 1. The van der Waals surface area contributed by atoms with E-state index < -0.39 is 0 Å².